The molecule has 2 N–H and O–H groups in total. The van der Waals surface area contributed by atoms with Crippen LogP contribution in [-0.2, 0) is 11.3 Å². The summed E-state index contributed by atoms with van der Waals surface area (Å²) in [6, 6.07) is 5.60. The smallest absolute Gasteiger partial charge is 0.224 e. The Balaban J connectivity index is 1.98. The van der Waals surface area contributed by atoms with Gasteiger partial charge in [-0.25, -0.2) is 0 Å². The molecule has 1 aliphatic heterocycles. The van der Waals surface area contributed by atoms with Gasteiger partial charge >= 0.3 is 0 Å². The summed E-state index contributed by atoms with van der Waals surface area (Å²) in [5.41, 5.74) is 0.945. The molecule has 110 valence electrons. The van der Waals surface area contributed by atoms with Gasteiger partial charge in [0.2, 0.25) is 5.91 Å². The molecule has 1 fully saturated rings. The average Bonchev–Trinajstić information content (AvgIpc) is 2.90. The van der Waals surface area contributed by atoms with Crippen LogP contribution in [0.15, 0.2) is 18.2 Å². The fraction of sp³-hybridized carbons (Fsp3) is 0.533. The van der Waals surface area contributed by atoms with Crippen molar-refractivity contribution in [2.45, 2.75) is 13.5 Å². The lowest BCUT2D eigenvalue weighted by Gasteiger charge is -2.15. The van der Waals surface area contributed by atoms with E-state index in [-0.39, 0.29) is 11.8 Å². The third kappa shape index (κ3) is 3.22. The number of ether oxygens (including phenoxy) is 2. The van der Waals surface area contributed by atoms with E-state index in [1.165, 1.54) is 0 Å². The molecule has 1 aliphatic rings. The van der Waals surface area contributed by atoms with Crippen molar-refractivity contribution in [3.8, 4) is 11.5 Å². The lowest BCUT2D eigenvalue weighted by atomic mass is 9.97. The molecule has 20 heavy (non-hydrogen) atoms. The standard InChI is InChI=1S/C15H22N2O3/c1-10-7-16-9-13(10)15(18)17-8-11-4-5-12(19-2)6-14(11)20-3/h4-6,10,13,16H,7-9H2,1-3H3,(H,17,18). The van der Waals surface area contributed by atoms with Gasteiger partial charge in [-0.2, -0.15) is 0 Å². The number of amides is 1. The molecule has 2 rings (SSSR count). The normalized spacial score (nSPS) is 21.6. The van der Waals surface area contributed by atoms with Crippen LogP contribution in [0.2, 0.25) is 0 Å². The molecule has 2 unspecified atom stereocenters. The third-order valence-electron chi connectivity index (χ3n) is 3.80. The van der Waals surface area contributed by atoms with E-state index in [2.05, 4.69) is 17.6 Å². The average molecular weight is 278 g/mol. The van der Waals surface area contributed by atoms with E-state index in [9.17, 15) is 4.79 Å². The molecule has 0 bridgehead atoms. The Morgan fingerprint density at radius 2 is 2.15 bits per heavy atom. The van der Waals surface area contributed by atoms with Crippen LogP contribution in [-0.4, -0.2) is 33.2 Å². The monoisotopic (exact) mass is 278 g/mol. The molecule has 1 amide bonds. The Kier molecular flexibility index (Phi) is 4.84. The van der Waals surface area contributed by atoms with Crippen molar-refractivity contribution < 1.29 is 14.3 Å². The third-order valence-corrected chi connectivity index (χ3v) is 3.80. The van der Waals surface area contributed by atoms with E-state index < -0.39 is 0 Å². The van der Waals surface area contributed by atoms with E-state index in [1.54, 1.807) is 14.2 Å². The summed E-state index contributed by atoms with van der Waals surface area (Å²) in [5, 5.41) is 6.22. The Labute approximate surface area is 119 Å². The minimum atomic E-state index is 0.0549. The van der Waals surface area contributed by atoms with Gasteiger partial charge in [0.05, 0.1) is 20.1 Å². The number of carbonyl (C=O) groups excluding carboxylic acids is 1. The van der Waals surface area contributed by atoms with Gasteiger partial charge in [-0.1, -0.05) is 6.92 Å². The second-order valence-corrected chi connectivity index (χ2v) is 5.14. The molecule has 1 aromatic rings. The summed E-state index contributed by atoms with van der Waals surface area (Å²) in [7, 11) is 3.23. The van der Waals surface area contributed by atoms with Crippen molar-refractivity contribution in [1.29, 1.82) is 0 Å². The maximum Gasteiger partial charge on any atom is 0.224 e. The molecule has 0 radical (unpaired) electrons. The van der Waals surface area contributed by atoms with E-state index >= 15 is 0 Å². The van der Waals surface area contributed by atoms with Crippen LogP contribution in [0.25, 0.3) is 0 Å². The molecule has 5 nitrogen and oxygen atoms in total. The van der Waals surface area contributed by atoms with Crippen LogP contribution < -0.4 is 20.1 Å². The Bertz CT molecular complexity index is 476. The Morgan fingerprint density at radius 1 is 1.35 bits per heavy atom. The SMILES string of the molecule is COc1ccc(CNC(=O)C2CNCC2C)c(OC)c1. The summed E-state index contributed by atoms with van der Waals surface area (Å²) < 4.78 is 10.5. The van der Waals surface area contributed by atoms with E-state index in [1.807, 2.05) is 18.2 Å². The first-order valence-corrected chi connectivity index (χ1v) is 6.85. The fourth-order valence-electron chi connectivity index (χ4n) is 2.47. The molecular weight excluding hydrogens is 256 g/mol. The van der Waals surface area contributed by atoms with Crippen molar-refractivity contribution >= 4 is 5.91 Å². The van der Waals surface area contributed by atoms with E-state index in [0.717, 1.165) is 30.2 Å². The lowest BCUT2D eigenvalue weighted by molar-refractivity contribution is -0.125. The lowest BCUT2D eigenvalue weighted by Crippen LogP contribution is -2.34. The Morgan fingerprint density at radius 3 is 2.75 bits per heavy atom. The first kappa shape index (κ1) is 14.7. The zero-order chi connectivity index (χ0) is 14.5. The van der Waals surface area contributed by atoms with Crippen LogP contribution in [0.5, 0.6) is 11.5 Å². The number of carbonyl (C=O) groups is 1. The highest BCUT2D eigenvalue weighted by atomic mass is 16.5. The largest absolute Gasteiger partial charge is 0.497 e. The highest BCUT2D eigenvalue weighted by Crippen LogP contribution is 2.24. The van der Waals surface area contributed by atoms with Crippen molar-refractivity contribution in [2.24, 2.45) is 11.8 Å². The highest BCUT2D eigenvalue weighted by Gasteiger charge is 2.29. The van der Waals surface area contributed by atoms with Crippen LogP contribution in [0.4, 0.5) is 0 Å². The minimum Gasteiger partial charge on any atom is -0.497 e. The number of benzene rings is 1. The predicted octanol–water partition coefficient (Wildman–Crippen LogP) is 1.18. The molecule has 0 aliphatic carbocycles. The Hall–Kier alpha value is -1.75. The zero-order valence-corrected chi connectivity index (χ0v) is 12.2. The van der Waals surface area contributed by atoms with Crippen molar-refractivity contribution in [1.82, 2.24) is 10.6 Å². The molecule has 1 aromatic carbocycles. The van der Waals surface area contributed by atoms with Crippen molar-refractivity contribution in [3.05, 3.63) is 23.8 Å². The molecule has 1 saturated heterocycles. The molecule has 2 atom stereocenters. The van der Waals surface area contributed by atoms with Gasteiger partial charge in [-0.15, -0.1) is 0 Å². The minimum absolute atomic E-state index is 0.0549. The van der Waals surface area contributed by atoms with Gasteiger partial charge < -0.3 is 20.1 Å². The van der Waals surface area contributed by atoms with Gasteiger partial charge in [-0.3, -0.25) is 4.79 Å². The number of hydrogen-bond donors (Lipinski definition) is 2. The van der Waals surface area contributed by atoms with Crippen molar-refractivity contribution in [3.63, 3.8) is 0 Å². The van der Waals surface area contributed by atoms with Crippen LogP contribution in [0, 0.1) is 11.8 Å². The molecule has 0 aromatic heterocycles. The number of methoxy groups -OCH3 is 2. The fourth-order valence-corrected chi connectivity index (χ4v) is 2.47. The quantitative estimate of drug-likeness (QED) is 0.849. The maximum atomic E-state index is 12.1. The summed E-state index contributed by atoms with van der Waals surface area (Å²) in [6.45, 7) is 4.23. The highest BCUT2D eigenvalue weighted by molar-refractivity contribution is 5.79. The van der Waals surface area contributed by atoms with Gasteiger partial charge in [0.15, 0.2) is 0 Å². The van der Waals surface area contributed by atoms with E-state index in [4.69, 9.17) is 9.47 Å². The second kappa shape index (κ2) is 6.61. The summed E-state index contributed by atoms with van der Waals surface area (Å²) in [6.07, 6.45) is 0. The number of rotatable bonds is 5. The van der Waals surface area contributed by atoms with Gasteiger partial charge in [0, 0.05) is 24.7 Å². The van der Waals surface area contributed by atoms with Crippen molar-refractivity contribution in [2.75, 3.05) is 27.3 Å². The summed E-state index contributed by atoms with van der Waals surface area (Å²) >= 11 is 0. The number of hydrogen-bond acceptors (Lipinski definition) is 4. The molecule has 5 heteroatoms. The molecule has 1 heterocycles. The zero-order valence-electron chi connectivity index (χ0n) is 12.2. The summed E-state index contributed by atoms with van der Waals surface area (Å²) in [4.78, 5) is 12.1. The number of nitrogens with one attached hydrogen (secondary N) is 2. The predicted molar refractivity (Wildman–Crippen MR) is 76.9 cm³/mol. The van der Waals surface area contributed by atoms with Crippen LogP contribution >= 0.6 is 0 Å². The van der Waals surface area contributed by atoms with Crippen LogP contribution in [0.1, 0.15) is 12.5 Å². The second-order valence-electron chi connectivity index (χ2n) is 5.14. The maximum absolute atomic E-state index is 12.1. The molecular formula is C15H22N2O3. The van der Waals surface area contributed by atoms with E-state index in [0.29, 0.717) is 12.5 Å². The van der Waals surface area contributed by atoms with Gasteiger partial charge in [-0.05, 0) is 24.6 Å². The van der Waals surface area contributed by atoms with Gasteiger partial charge in [0.25, 0.3) is 0 Å². The molecule has 0 saturated carbocycles. The van der Waals surface area contributed by atoms with Crippen LogP contribution in [0.3, 0.4) is 0 Å². The summed E-state index contributed by atoms with van der Waals surface area (Å²) in [5.74, 6) is 2.00. The topological polar surface area (TPSA) is 59.6 Å². The first-order chi connectivity index (χ1) is 9.65. The first-order valence-electron chi connectivity index (χ1n) is 6.85. The molecule has 0 spiro atoms. The van der Waals surface area contributed by atoms with Gasteiger partial charge in [0.1, 0.15) is 11.5 Å².